The molecule has 0 bridgehead atoms. The largest absolute Gasteiger partial charge is 0.356 e. The Bertz CT molecular complexity index is 1060. The molecule has 0 saturated carbocycles. The van der Waals surface area contributed by atoms with Gasteiger partial charge in [-0.3, -0.25) is 9.59 Å². The van der Waals surface area contributed by atoms with Gasteiger partial charge in [0.1, 0.15) is 17.7 Å². The number of hydrogen-bond acceptors (Lipinski definition) is 3. The standard InChI is InChI=1S/C23H23FN4O2/c1-2-18-21(16-8-10-17(24)11-9-16)22-26-23(30)19(28(22)27-18)14-20(29)25-13-12-15-6-4-3-5-7-15/h3-11,19H,2,12-14H2,1H3,(H,25,29)(H,26,30). The van der Waals surface area contributed by atoms with Gasteiger partial charge < -0.3 is 10.6 Å². The Kier molecular flexibility index (Phi) is 5.61. The number of carbonyl (C=O) groups excluding carboxylic acids is 2. The van der Waals surface area contributed by atoms with Gasteiger partial charge in [-0.25, -0.2) is 9.07 Å². The number of aryl methyl sites for hydroxylation is 1. The summed E-state index contributed by atoms with van der Waals surface area (Å²) in [6.45, 7) is 2.47. The molecule has 3 aromatic rings. The maximum absolute atomic E-state index is 13.3. The van der Waals surface area contributed by atoms with E-state index >= 15 is 0 Å². The minimum absolute atomic E-state index is 0.0152. The number of rotatable bonds is 7. The zero-order chi connectivity index (χ0) is 21.1. The van der Waals surface area contributed by atoms with Gasteiger partial charge in [-0.2, -0.15) is 5.10 Å². The van der Waals surface area contributed by atoms with Crippen molar-refractivity contribution in [1.29, 1.82) is 0 Å². The van der Waals surface area contributed by atoms with Crippen LogP contribution in [0.4, 0.5) is 10.2 Å². The number of hydrogen-bond donors (Lipinski definition) is 2. The highest BCUT2D eigenvalue weighted by atomic mass is 19.1. The van der Waals surface area contributed by atoms with E-state index in [1.165, 1.54) is 12.1 Å². The third kappa shape index (κ3) is 3.96. The van der Waals surface area contributed by atoms with Crippen LogP contribution in [-0.4, -0.2) is 28.1 Å². The van der Waals surface area contributed by atoms with E-state index in [9.17, 15) is 14.0 Å². The van der Waals surface area contributed by atoms with Gasteiger partial charge in [-0.1, -0.05) is 49.4 Å². The molecule has 1 aliphatic heterocycles. The smallest absolute Gasteiger partial charge is 0.251 e. The number of benzene rings is 2. The summed E-state index contributed by atoms with van der Waals surface area (Å²) >= 11 is 0. The molecule has 1 atom stereocenters. The number of aromatic nitrogens is 2. The fourth-order valence-electron chi connectivity index (χ4n) is 3.72. The topological polar surface area (TPSA) is 76.0 Å². The number of nitrogens with zero attached hydrogens (tertiary/aromatic N) is 2. The fourth-order valence-corrected chi connectivity index (χ4v) is 3.72. The Balaban J connectivity index is 1.48. The van der Waals surface area contributed by atoms with E-state index in [1.54, 1.807) is 16.8 Å². The van der Waals surface area contributed by atoms with E-state index in [0.29, 0.717) is 18.8 Å². The average molecular weight is 406 g/mol. The lowest BCUT2D eigenvalue weighted by molar-refractivity contribution is -0.126. The molecular formula is C23H23FN4O2. The molecule has 1 aliphatic rings. The zero-order valence-corrected chi connectivity index (χ0v) is 16.7. The first-order chi connectivity index (χ1) is 14.6. The van der Waals surface area contributed by atoms with Crippen LogP contribution in [0.5, 0.6) is 0 Å². The molecule has 0 spiro atoms. The molecule has 1 aromatic heterocycles. The van der Waals surface area contributed by atoms with Crippen LogP contribution in [0.1, 0.15) is 30.6 Å². The monoisotopic (exact) mass is 406 g/mol. The van der Waals surface area contributed by atoms with Gasteiger partial charge in [0, 0.05) is 12.1 Å². The molecule has 2 N–H and O–H groups in total. The van der Waals surface area contributed by atoms with Gasteiger partial charge in [-0.05, 0) is 36.1 Å². The Hall–Kier alpha value is -3.48. The molecule has 154 valence electrons. The molecule has 2 amide bonds. The van der Waals surface area contributed by atoms with Crippen LogP contribution < -0.4 is 10.6 Å². The second-order valence-corrected chi connectivity index (χ2v) is 7.27. The third-order valence-corrected chi connectivity index (χ3v) is 5.25. The molecular weight excluding hydrogens is 383 g/mol. The van der Waals surface area contributed by atoms with Gasteiger partial charge in [0.05, 0.1) is 12.1 Å². The van der Waals surface area contributed by atoms with Crippen molar-refractivity contribution in [3.8, 4) is 11.1 Å². The van der Waals surface area contributed by atoms with E-state index in [1.807, 2.05) is 37.3 Å². The SMILES string of the molecule is CCc1nn2c(c1-c1ccc(F)cc1)NC(=O)C2CC(=O)NCCc1ccccc1. The van der Waals surface area contributed by atoms with Crippen molar-refractivity contribution in [2.45, 2.75) is 32.2 Å². The maximum atomic E-state index is 13.3. The molecule has 6 nitrogen and oxygen atoms in total. The Morgan fingerprint density at radius 2 is 1.90 bits per heavy atom. The molecule has 0 aliphatic carbocycles. The summed E-state index contributed by atoms with van der Waals surface area (Å²) in [6, 6.07) is 15.3. The Labute approximate surface area is 174 Å². The third-order valence-electron chi connectivity index (χ3n) is 5.25. The van der Waals surface area contributed by atoms with E-state index in [0.717, 1.165) is 28.8 Å². The molecule has 0 saturated heterocycles. The lowest BCUT2D eigenvalue weighted by atomic mass is 10.0. The van der Waals surface area contributed by atoms with Crippen LogP contribution in [-0.2, 0) is 22.4 Å². The lowest BCUT2D eigenvalue weighted by Gasteiger charge is -2.10. The minimum atomic E-state index is -0.698. The van der Waals surface area contributed by atoms with Crippen molar-refractivity contribution < 1.29 is 14.0 Å². The van der Waals surface area contributed by atoms with Gasteiger partial charge in [-0.15, -0.1) is 0 Å². The van der Waals surface area contributed by atoms with Crippen molar-refractivity contribution in [3.05, 3.63) is 71.7 Å². The second kappa shape index (κ2) is 8.49. The molecule has 0 radical (unpaired) electrons. The van der Waals surface area contributed by atoms with Gasteiger partial charge in [0.15, 0.2) is 0 Å². The molecule has 2 heterocycles. The van der Waals surface area contributed by atoms with Gasteiger partial charge in [0.2, 0.25) is 5.91 Å². The lowest BCUT2D eigenvalue weighted by Crippen LogP contribution is -2.30. The summed E-state index contributed by atoms with van der Waals surface area (Å²) in [4.78, 5) is 25.0. The molecule has 2 aromatic carbocycles. The summed E-state index contributed by atoms with van der Waals surface area (Å²) in [5.41, 5.74) is 3.49. The van der Waals surface area contributed by atoms with Crippen molar-refractivity contribution in [2.24, 2.45) is 0 Å². The van der Waals surface area contributed by atoms with E-state index < -0.39 is 6.04 Å². The van der Waals surface area contributed by atoms with E-state index in [2.05, 4.69) is 15.7 Å². The number of halogens is 1. The van der Waals surface area contributed by atoms with Crippen molar-refractivity contribution >= 4 is 17.6 Å². The number of nitrogens with one attached hydrogen (secondary N) is 2. The predicted molar refractivity (Wildman–Crippen MR) is 112 cm³/mol. The number of fused-ring (bicyclic) bond motifs is 1. The molecule has 4 rings (SSSR count). The highest BCUT2D eigenvalue weighted by Crippen LogP contribution is 2.38. The normalized spacial score (nSPS) is 15.0. The number of amides is 2. The highest BCUT2D eigenvalue weighted by molar-refractivity contribution is 6.03. The van der Waals surface area contributed by atoms with Crippen LogP contribution in [0.2, 0.25) is 0 Å². The molecule has 30 heavy (non-hydrogen) atoms. The highest BCUT2D eigenvalue weighted by Gasteiger charge is 2.36. The first kappa shape index (κ1) is 19.8. The van der Waals surface area contributed by atoms with E-state index in [-0.39, 0.29) is 24.1 Å². The van der Waals surface area contributed by atoms with Crippen molar-refractivity contribution in [2.75, 3.05) is 11.9 Å². The Morgan fingerprint density at radius 3 is 2.60 bits per heavy atom. The fraction of sp³-hybridized carbons (Fsp3) is 0.261. The average Bonchev–Trinajstić information content (AvgIpc) is 3.25. The first-order valence-corrected chi connectivity index (χ1v) is 10.1. The number of carbonyl (C=O) groups is 2. The van der Waals surface area contributed by atoms with Crippen molar-refractivity contribution in [3.63, 3.8) is 0 Å². The zero-order valence-electron chi connectivity index (χ0n) is 16.7. The van der Waals surface area contributed by atoms with Gasteiger partial charge in [0.25, 0.3) is 5.91 Å². The quantitative estimate of drug-likeness (QED) is 0.631. The predicted octanol–water partition coefficient (Wildman–Crippen LogP) is 3.49. The van der Waals surface area contributed by atoms with Crippen LogP contribution >= 0.6 is 0 Å². The molecule has 1 unspecified atom stereocenters. The summed E-state index contributed by atoms with van der Waals surface area (Å²) in [6.07, 6.45) is 1.39. The Morgan fingerprint density at radius 1 is 1.17 bits per heavy atom. The summed E-state index contributed by atoms with van der Waals surface area (Å²) in [7, 11) is 0. The molecule has 0 fully saturated rings. The second-order valence-electron chi connectivity index (χ2n) is 7.27. The maximum Gasteiger partial charge on any atom is 0.251 e. The summed E-state index contributed by atoms with van der Waals surface area (Å²) in [5.74, 6) is -0.224. The van der Waals surface area contributed by atoms with Crippen LogP contribution in [0.3, 0.4) is 0 Å². The summed E-state index contributed by atoms with van der Waals surface area (Å²) < 4.78 is 14.9. The minimum Gasteiger partial charge on any atom is -0.356 e. The van der Waals surface area contributed by atoms with Gasteiger partial charge >= 0.3 is 0 Å². The number of anilines is 1. The van der Waals surface area contributed by atoms with Crippen LogP contribution in [0.15, 0.2) is 54.6 Å². The summed E-state index contributed by atoms with van der Waals surface area (Å²) in [5, 5.41) is 10.3. The van der Waals surface area contributed by atoms with Crippen LogP contribution in [0, 0.1) is 5.82 Å². The molecule has 7 heteroatoms. The van der Waals surface area contributed by atoms with Crippen molar-refractivity contribution in [1.82, 2.24) is 15.1 Å². The van der Waals surface area contributed by atoms with E-state index in [4.69, 9.17) is 0 Å². The first-order valence-electron chi connectivity index (χ1n) is 10.1. The van der Waals surface area contributed by atoms with Crippen LogP contribution in [0.25, 0.3) is 11.1 Å².